The van der Waals surface area contributed by atoms with Crippen LogP contribution < -0.4 is 4.90 Å². The normalized spacial score (nSPS) is 13.2. The van der Waals surface area contributed by atoms with Crippen LogP contribution in [0.15, 0.2) is 49.1 Å². The maximum atomic E-state index is 14.6. The van der Waals surface area contributed by atoms with Gasteiger partial charge in [-0.15, -0.1) is 0 Å². The van der Waals surface area contributed by atoms with Crippen LogP contribution in [-0.2, 0) is 0 Å². The van der Waals surface area contributed by atoms with Crippen LogP contribution in [0.25, 0.3) is 0 Å². The van der Waals surface area contributed by atoms with Crippen molar-refractivity contribution in [1.82, 2.24) is 4.90 Å². The second kappa shape index (κ2) is 7.13. The SMILES string of the molecule is CN(C)CCCN1c2ccc(Br)cc2Sc2cc(Br)cc(F)c21. The van der Waals surface area contributed by atoms with Gasteiger partial charge < -0.3 is 9.80 Å². The number of fused-ring (bicyclic) bond motifs is 2. The van der Waals surface area contributed by atoms with Gasteiger partial charge in [0.2, 0.25) is 0 Å². The number of hydrogen-bond acceptors (Lipinski definition) is 3. The van der Waals surface area contributed by atoms with E-state index in [-0.39, 0.29) is 5.82 Å². The van der Waals surface area contributed by atoms with Crippen LogP contribution >= 0.6 is 43.6 Å². The quantitative estimate of drug-likeness (QED) is 0.561. The Hall–Kier alpha value is -0.560. The average Bonchev–Trinajstić information content (AvgIpc) is 2.45. The van der Waals surface area contributed by atoms with E-state index in [0.29, 0.717) is 5.69 Å². The summed E-state index contributed by atoms with van der Waals surface area (Å²) in [7, 11) is 4.12. The first-order chi connectivity index (χ1) is 11.0. The van der Waals surface area contributed by atoms with E-state index in [0.717, 1.165) is 43.9 Å². The molecule has 0 unspecified atom stereocenters. The Morgan fingerprint density at radius 1 is 1.09 bits per heavy atom. The Morgan fingerprint density at radius 2 is 1.83 bits per heavy atom. The van der Waals surface area contributed by atoms with Gasteiger partial charge >= 0.3 is 0 Å². The Labute approximate surface area is 157 Å². The first-order valence-corrected chi connectivity index (χ1v) is 9.74. The lowest BCUT2D eigenvalue weighted by Gasteiger charge is -2.33. The summed E-state index contributed by atoms with van der Waals surface area (Å²) in [5, 5.41) is 0. The predicted octanol–water partition coefficient (Wildman–Crippen LogP) is 5.91. The molecule has 0 aliphatic carbocycles. The second-order valence-corrected chi connectivity index (χ2v) is 8.67. The fourth-order valence-electron chi connectivity index (χ4n) is 2.69. The van der Waals surface area contributed by atoms with Crippen LogP contribution in [0, 0.1) is 5.82 Å². The lowest BCUT2D eigenvalue weighted by molar-refractivity contribution is 0.402. The first kappa shape index (κ1) is 17.3. The summed E-state index contributed by atoms with van der Waals surface area (Å²) < 4.78 is 16.4. The zero-order chi connectivity index (χ0) is 16.6. The van der Waals surface area contributed by atoms with Crippen molar-refractivity contribution in [2.24, 2.45) is 0 Å². The van der Waals surface area contributed by atoms with Crippen LogP contribution in [0.1, 0.15) is 6.42 Å². The van der Waals surface area contributed by atoms with Gasteiger partial charge in [-0.3, -0.25) is 0 Å². The highest BCUT2D eigenvalue weighted by Crippen LogP contribution is 2.50. The van der Waals surface area contributed by atoms with Gasteiger partial charge in [0.05, 0.1) is 11.4 Å². The minimum atomic E-state index is -0.180. The van der Waals surface area contributed by atoms with Gasteiger partial charge in [-0.05, 0) is 57.4 Å². The molecule has 3 rings (SSSR count). The van der Waals surface area contributed by atoms with Gasteiger partial charge in [0.25, 0.3) is 0 Å². The van der Waals surface area contributed by atoms with Crippen LogP contribution in [-0.4, -0.2) is 32.1 Å². The molecule has 0 N–H and O–H groups in total. The molecule has 0 amide bonds. The number of hydrogen-bond donors (Lipinski definition) is 0. The van der Waals surface area contributed by atoms with Gasteiger partial charge in [-0.25, -0.2) is 4.39 Å². The van der Waals surface area contributed by atoms with Gasteiger partial charge in [-0.2, -0.15) is 0 Å². The molecule has 0 saturated heterocycles. The second-order valence-electron chi connectivity index (χ2n) is 5.76. The maximum absolute atomic E-state index is 14.6. The molecule has 0 bridgehead atoms. The highest BCUT2D eigenvalue weighted by molar-refractivity contribution is 9.10. The van der Waals surface area contributed by atoms with Crippen LogP contribution in [0.2, 0.25) is 0 Å². The molecule has 6 heteroatoms. The number of halogens is 3. The highest BCUT2D eigenvalue weighted by Gasteiger charge is 2.26. The van der Waals surface area contributed by atoms with Crippen molar-refractivity contribution < 1.29 is 4.39 Å². The molecule has 0 spiro atoms. The van der Waals surface area contributed by atoms with Crippen molar-refractivity contribution in [1.29, 1.82) is 0 Å². The standard InChI is InChI=1S/C17H17Br2FN2S/c1-21(2)6-3-7-22-14-5-4-11(18)9-15(14)23-16-10-12(19)8-13(20)17(16)22/h4-5,8-10H,3,6-7H2,1-2H3. The molecule has 0 atom stereocenters. The van der Waals surface area contributed by atoms with Crippen LogP contribution in [0.5, 0.6) is 0 Å². The summed E-state index contributed by atoms with van der Waals surface area (Å²) in [4.78, 5) is 6.36. The summed E-state index contributed by atoms with van der Waals surface area (Å²) in [5.41, 5.74) is 1.76. The Bertz CT molecular complexity index is 737. The molecule has 2 aromatic rings. The van der Waals surface area contributed by atoms with Crippen LogP contribution in [0.4, 0.5) is 15.8 Å². The molecule has 2 nitrogen and oxygen atoms in total. The molecule has 0 fully saturated rings. The third-order valence-corrected chi connectivity index (χ3v) is 5.71. The molecule has 1 aliphatic heterocycles. The summed E-state index contributed by atoms with van der Waals surface area (Å²) in [5.74, 6) is -0.180. The third kappa shape index (κ3) is 3.76. The lowest BCUT2D eigenvalue weighted by atomic mass is 10.2. The van der Waals surface area contributed by atoms with E-state index >= 15 is 0 Å². The molecule has 23 heavy (non-hydrogen) atoms. The number of rotatable bonds is 4. The zero-order valence-electron chi connectivity index (χ0n) is 12.9. The van der Waals surface area contributed by atoms with E-state index < -0.39 is 0 Å². The number of nitrogens with zero attached hydrogens (tertiary/aromatic N) is 2. The maximum Gasteiger partial charge on any atom is 0.149 e. The van der Waals surface area contributed by atoms with Gasteiger partial charge in [0.15, 0.2) is 0 Å². The van der Waals surface area contributed by atoms with E-state index in [4.69, 9.17) is 0 Å². The van der Waals surface area contributed by atoms with Crippen molar-refractivity contribution in [2.75, 3.05) is 32.1 Å². The van der Waals surface area contributed by atoms with Crippen molar-refractivity contribution in [3.63, 3.8) is 0 Å². The minimum Gasteiger partial charge on any atom is -0.337 e. The van der Waals surface area contributed by atoms with Crippen molar-refractivity contribution in [3.05, 3.63) is 45.1 Å². The number of anilines is 2. The summed E-state index contributed by atoms with van der Waals surface area (Å²) >= 11 is 8.55. The summed E-state index contributed by atoms with van der Waals surface area (Å²) in [6.45, 7) is 1.77. The molecule has 0 aromatic heterocycles. The topological polar surface area (TPSA) is 6.48 Å². The average molecular weight is 460 g/mol. The molecule has 1 heterocycles. The Balaban J connectivity index is 2.03. The van der Waals surface area contributed by atoms with Crippen molar-refractivity contribution in [3.8, 4) is 0 Å². The van der Waals surface area contributed by atoms with E-state index in [9.17, 15) is 4.39 Å². The lowest BCUT2D eigenvalue weighted by Crippen LogP contribution is -2.26. The van der Waals surface area contributed by atoms with Crippen molar-refractivity contribution in [2.45, 2.75) is 16.2 Å². The molecular weight excluding hydrogens is 443 g/mol. The molecule has 0 saturated carbocycles. The van der Waals surface area contributed by atoms with Crippen LogP contribution in [0.3, 0.4) is 0 Å². The third-order valence-electron chi connectivity index (χ3n) is 3.68. The smallest absolute Gasteiger partial charge is 0.149 e. The minimum absolute atomic E-state index is 0.180. The zero-order valence-corrected chi connectivity index (χ0v) is 16.9. The van der Waals surface area contributed by atoms with Crippen molar-refractivity contribution >= 4 is 55.0 Å². The first-order valence-electron chi connectivity index (χ1n) is 7.34. The van der Waals surface area contributed by atoms with E-state index in [1.165, 1.54) is 0 Å². The fourth-order valence-corrected chi connectivity index (χ4v) is 4.98. The number of benzene rings is 2. The van der Waals surface area contributed by atoms with Gasteiger partial charge in [0.1, 0.15) is 5.82 Å². The highest BCUT2D eigenvalue weighted by atomic mass is 79.9. The molecule has 0 radical (unpaired) electrons. The van der Waals surface area contributed by atoms with E-state index in [1.807, 2.05) is 12.1 Å². The molecular formula is C17H17Br2FN2S. The van der Waals surface area contributed by atoms with Gasteiger partial charge in [-0.1, -0.05) is 43.6 Å². The van der Waals surface area contributed by atoms with E-state index in [1.54, 1.807) is 17.8 Å². The largest absolute Gasteiger partial charge is 0.337 e. The molecule has 1 aliphatic rings. The van der Waals surface area contributed by atoms with E-state index in [2.05, 4.69) is 67.9 Å². The predicted molar refractivity (Wildman–Crippen MR) is 103 cm³/mol. The molecule has 2 aromatic carbocycles. The summed E-state index contributed by atoms with van der Waals surface area (Å²) in [6.07, 6.45) is 0.974. The Kier molecular flexibility index (Phi) is 5.35. The molecule has 122 valence electrons. The monoisotopic (exact) mass is 458 g/mol. The summed E-state index contributed by atoms with van der Waals surface area (Å²) in [6, 6.07) is 9.71. The fraction of sp³-hybridized carbons (Fsp3) is 0.294. The van der Waals surface area contributed by atoms with Gasteiger partial charge in [0, 0.05) is 25.3 Å². The Morgan fingerprint density at radius 3 is 2.57 bits per heavy atom.